The van der Waals surface area contributed by atoms with Crippen molar-refractivity contribution >= 4 is 10.3 Å². The van der Waals surface area contributed by atoms with Crippen LogP contribution < -0.4 is 4.72 Å². The van der Waals surface area contributed by atoms with Crippen molar-refractivity contribution in [3.63, 3.8) is 0 Å². The summed E-state index contributed by atoms with van der Waals surface area (Å²) in [4.78, 5) is 0. The summed E-state index contributed by atoms with van der Waals surface area (Å²) in [7, 11) is -2.74. The Morgan fingerprint density at radius 2 is 1.56 bits per heavy atom. The van der Waals surface area contributed by atoms with Crippen LogP contribution in [0.5, 0.6) is 0 Å². The second kappa shape index (κ2) is 10.1. The minimum Gasteiger partial charge on any atom is -0.390 e. The quantitative estimate of drug-likeness (QED) is 0.336. The van der Waals surface area contributed by atoms with Crippen molar-refractivity contribution in [1.82, 2.24) is 4.72 Å². The highest BCUT2D eigenvalue weighted by Gasteiger charge is 2.72. The largest absolute Gasteiger partial charge is 0.390 e. The SMILES string of the molecule is CNS(=O)(=O)O[C@@H]1C2OC([C@@H](C)C(C)C)C[C@@H](C)[C@@H]2[C@@]2(C)CC[C@H]3[C@@H]([C@@H](O)[C@@H](O)[C@H]4[C@@H](O)[C@H](O)CC[C@@]43C)[C@H]12. The Morgan fingerprint density at radius 3 is 2.18 bits per heavy atom. The third-order valence-corrected chi connectivity index (χ3v) is 13.5. The van der Waals surface area contributed by atoms with Gasteiger partial charge >= 0.3 is 10.3 Å². The van der Waals surface area contributed by atoms with Gasteiger partial charge in [-0.05, 0) is 78.4 Å². The Bertz CT molecular complexity index is 1020. The highest BCUT2D eigenvalue weighted by molar-refractivity contribution is 7.84. The third kappa shape index (κ3) is 4.46. The molecule has 4 saturated carbocycles. The maximum atomic E-state index is 12.9. The van der Waals surface area contributed by atoms with Gasteiger partial charge in [0, 0.05) is 18.9 Å². The van der Waals surface area contributed by atoms with Crippen molar-refractivity contribution < 1.29 is 37.8 Å². The molecule has 4 aliphatic carbocycles. The van der Waals surface area contributed by atoms with Crippen molar-refractivity contribution in [2.75, 3.05) is 7.05 Å². The van der Waals surface area contributed by atoms with Gasteiger partial charge in [-0.1, -0.05) is 41.5 Å². The monoisotopic (exact) mass is 573 g/mol. The van der Waals surface area contributed by atoms with Crippen LogP contribution in [0.3, 0.4) is 0 Å². The van der Waals surface area contributed by atoms with Crippen LogP contribution >= 0.6 is 0 Å². The first-order valence-corrected chi connectivity index (χ1v) is 16.5. The number of ether oxygens (including phenoxy) is 1. The van der Waals surface area contributed by atoms with Gasteiger partial charge in [-0.3, -0.25) is 4.18 Å². The number of nitrogens with one attached hydrogen (secondary N) is 1. The average Bonchev–Trinajstić information content (AvgIpc) is 3.12. The molecule has 1 aliphatic heterocycles. The maximum Gasteiger partial charge on any atom is 0.335 e. The van der Waals surface area contributed by atoms with E-state index in [4.69, 9.17) is 8.92 Å². The van der Waals surface area contributed by atoms with Gasteiger partial charge in [0.15, 0.2) is 0 Å². The summed E-state index contributed by atoms with van der Waals surface area (Å²) in [6.07, 6.45) is -2.20. The summed E-state index contributed by atoms with van der Waals surface area (Å²) in [5.41, 5.74) is -0.868. The van der Waals surface area contributed by atoms with Crippen molar-refractivity contribution in [3.05, 3.63) is 0 Å². The molecule has 226 valence electrons. The van der Waals surface area contributed by atoms with Crippen LogP contribution in [0.25, 0.3) is 0 Å². The second-order valence-corrected chi connectivity index (χ2v) is 16.1. The first kappa shape index (κ1) is 30.1. The van der Waals surface area contributed by atoms with E-state index in [9.17, 15) is 28.8 Å². The minimum absolute atomic E-state index is 0.0251. The minimum atomic E-state index is -4.07. The van der Waals surface area contributed by atoms with Gasteiger partial charge in [0.1, 0.15) is 6.10 Å². The van der Waals surface area contributed by atoms with Crippen molar-refractivity contribution in [3.8, 4) is 0 Å². The van der Waals surface area contributed by atoms with E-state index in [-0.39, 0.29) is 41.1 Å². The standard InChI is InChI=1S/C29H51NO8S/c1-13(2)15(4)18-12-14(3)20-26(37-18)27(38-39(35,36)30-7)21-19-16(8-10-29(20,21)6)28(5)11-9-17(31)23(32)22(28)25(34)24(19)33/h13-27,30-34H,8-12H2,1-7H3/t14-,15+,16+,17-,18?,19-,20+,21-,22-,23+,24-,25+,26?,27+,28-,29-/m1/s1. The highest BCUT2D eigenvalue weighted by atomic mass is 32.2. The third-order valence-electron chi connectivity index (χ3n) is 12.6. The first-order valence-electron chi connectivity index (χ1n) is 15.1. The molecule has 1 saturated heterocycles. The normalized spacial score (nSPS) is 54.4. The fourth-order valence-corrected chi connectivity index (χ4v) is 11.0. The van der Waals surface area contributed by atoms with Gasteiger partial charge in [0.25, 0.3) is 0 Å². The first-order chi connectivity index (χ1) is 18.1. The summed E-state index contributed by atoms with van der Waals surface area (Å²) in [6.45, 7) is 13.1. The van der Waals surface area contributed by atoms with Gasteiger partial charge in [0.05, 0.1) is 36.6 Å². The van der Waals surface area contributed by atoms with E-state index in [2.05, 4.69) is 46.3 Å². The molecule has 9 nitrogen and oxygen atoms in total. The van der Waals surface area contributed by atoms with Crippen LogP contribution in [0.15, 0.2) is 0 Å². The Hall–Kier alpha value is -0.330. The van der Waals surface area contributed by atoms with Gasteiger partial charge < -0.3 is 25.2 Å². The molecule has 5 aliphatic rings. The van der Waals surface area contributed by atoms with Crippen LogP contribution in [0.4, 0.5) is 0 Å². The lowest BCUT2D eigenvalue weighted by Crippen LogP contribution is -2.68. The van der Waals surface area contributed by atoms with Crippen molar-refractivity contribution in [2.24, 2.45) is 58.2 Å². The van der Waals surface area contributed by atoms with Crippen molar-refractivity contribution in [1.29, 1.82) is 0 Å². The lowest BCUT2D eigenvalue weighted by Gasteiger charge is -2.64. The van der Waals surface area contributed by atoms with E-state index >= 15 is 0 Å². The maximum absolute atomic E-state index is 12.9. The van der Waals surface area contributed by atoms with E-state index in [1.54, 1.807) is 0 Å². The second-order valence-electron chi connectivity index (χ2n) is 14.6. The van der Waals surface area contributed by atoms with E-state index in [0.29, 0.717) is 18.8 Å². The number of aliphatic hydroxyl groups is 4. The lowest BCUT2D eigenvalue weighted by molar-refractivity contribution is -0.255. The summed E-state index contributed by atoms with van der Waals surface area (Å²) >= 11 is 0. The Labute approximate surface area is 234 Å². The van der Waals surface area contributed by atoms with E-state index in [1.807, 2.05) is 0 Å². The zero-order chi connectivity index (χ0) is 28.8. The summed E-state index contributed by atoms with van der Waals surface area (Å²) in [6, 6.07) is 0. The van der Waals surface area contributed by atoms with Gasteiger partial charge in [-0.15, -0.1) is 0 Å². The van der Waals surface area contributed by atoms with Crippen molar-refractivity contribution in [2.45, 2.75) is 116 Å². The van der Waals surface area contributed by atoms with E-state index in [1.165, 1.54) is 7.05 Å². The molecule has 10 heteroatoms. The number of aliphatic hydroxyl groups excluding tert-OH is 4. The molecule has 1 heterocycles. The predicted molar refractivity (Wildman–Crippen MR) is 145 cm³/mol. The van der Waals surface area contributed by atoms with Gasteiger partial charge in [-0.25, -0.2) is 0 Å². The molecule has 0 aromatic carbocycles. The molecule has 5 fully saturated rings. The topological polar surface area (TPSA) is 146 Å². The molecular formula is C29H51NO8S. The van der Waals surface area contributed by atoms with Gasteiger partial charge in [0.2, 0.25) is 0 Å². The molecule has 0 radical (unpaired) electrons. The van der Waals surface area contributed by atoms with Crippen LogP contribution in [-0.4, -0.2) is 78.6 Å². The molecule has 0 spiro atoms. The molecule has 0 bridgehead atoms. The lowest BCUT2D eigenvalue weighted by atomic mass is 9.42. The number of rotatable bonds is 5. The molecule has 2 unspecified atom stereocenters. The van der Waals surface area contributed by atoms with E-state index < -0.39 is 64.2 Å². The average molecular weight is 574 g/mol. The molecular weight excluding hydrogens is 522 g/mol. The summed E-state index contributed by atoms with van der Waals surface area (Å²) < 4.78 is 41.0. The molecule has 16 atom stereocenters. The molecule has 5 rings (SSSR count). The Morgan fingerprint density at radius 1 is 0.923 bits per heavy atom. The smallest absolute Gasteiger partial charge is 0.335 e. The molecule has 5 N–H and O–H groups in total. The van der Waals surface area contributed by atoms with Crippen LogP contribution in [0, 0.1) is 58.2 Å². The number of hydrogen-bond acceptors (Lipinski definition) is 8. The summed E-state index contributed by atoms with van der Waals surface area (Å²) in [5, 5.41) is 44.7. The van der Waals surface area contributed by atoms with Gasteiger partial charge in [-0.2, -0.15) is 13.1 Å². The van der Waals surface area contributed by atoms with Crippen LogP contribution in [0.2, 0.25) is 0 Å². The number of hydrogen-bond donors (Lipinski definition) is 5. The fourth-order valence-electron chi connectivity index (χ4n) is 10.4. The molecule has 0 aromatic heterocycles. The van der Waals surface area contributed by atoms with E-state index in [0.717, 1.165) is 19.3 Å². The summed E-state index contributed by atoms with van der Waals surface area (Å²) in [5.74, 6) is -0.505. The predicted octanol–water partition coefficient (Wildman–Crippen LogP) is 2.07. The Balaban J connectivity index is 1.60. The zero-order valence-corrected chi connectivity index (χ0v) is 25.3. The Kier molecular flexibility index (Phi) is 7.84. The zero-order valence-electron chi connectivity index (χ0n) is 24.5. The molecule has 39 heavy (non-hydrogen) atoms. The highest BCUT2D eigenvalue weighted by Crippen LogP contribution is 2.70. The molecule has 0 amide bonds. The van der Waals surface area contributed by atoms with Crippen LogP contribution in [-0.2, 0) is 19.2 Å². The fraction of sp³-hybridized carbons (Fsp3) is 1.00. The molecule has 0 aromatic rings. The van der Waals surface area contributed by atoms with Crippen LogP contribution in [0.1, 0.15) is 73.6 Å². The number of fused-ring (bicyclic) bond motifs is 7.